The number of hydrogen-bond acceptors (Lipinski definition) is 3. The van der Waals surface area contributed by atoms with Crippen molar-refractivity contribution < 1.29 is 9.47 Å². The second kappa shape index (κ2) is 7.92. The van der Waals surface area contributed by atoms with Gasteiger partial charge in [-0.05, 0) is 36.5 Å². The third kappa shape index (κ3) is 4.06. The normalized spacial score (nSPS) is 19.0. The molecule has 1 saturated heterocycles. The minimum Gasteiger partial charge on any atom is -0.493 e. The third-order valence-corrected chi connectivity index (χ3v) is 4.07. The molecule has 0 spiro atoms. The quantitative estimate of drug-likeness (QED) is 0.686. The summed E-state index contributed by atoms with van der Waals surface area (Å²) in [5.41, 5.74) is 1.14. The first kappa shape index (κ1) is 16.5. The molecule has 1 heterocycles. The Balaban J connectivity index is 1.98. The smallest absolute Gasteiger partial charge is 0.193 e. The first-order valence-corrected chi connectivity index (χ1v) is 7.84. The van der Waals surface area contributed by atoms with Gasteiger partial charge in [0.05, 0.1) is 14.2 Å². The monoisotopic (exact) mass is 305 g/mol. The summed E-state index contributed by atoms with van der Waals surface area (Å²) in [6, 6.07) is 5.97. The highest BCUT2D eigenvalue weighted by atomic mass is 16.5. The molecule has 1 fully saturated rings. The number of hydrogen-bond donors (Lipinski definition) is 1. The number of nitrogens with zero attached hydrogens (tertiary/aromatic N) is 2. The van der Waals surface area contributed by atoms with E-state index in [1.165, 1.54) is 12.8 Å². The van der Waals surface area contributed by atoms with Gasteiger partial charge in [0.25, 0.3) is 0 Å². The van der Waals surface area contributed by atoms with E-state index < -0.39 is 0 Å². The zero-order valence-corrected chi connectivity index (χ0v) is 14.1. The maximum absolute atomic E-state index is 5.35. The van der Waals surface area contributed by atoms with Crippen LogP contribution in [0.1, 0.15) is 25.3 Å². The van der Waals surface area contributed by atoms with Crippen LogP contribution in [0.2, 0.25) is 0 Å². The fraction of sp³-hybridized carbons (Fsp3) is 0.588. The molecular formula is C17H27N3O2. The number of likely N-dealkylation sites (tertiary alicyclic amines) is 1. The molecule has 0 aliphatic carbocycles. The van der Waals surface area contributed by atoms with Gasteiger partial charge in [-0.15, -0.1) is 0 Å². The molecule has 1 aliphatic heterocycles. The molecule has 1 aliphatic rings. The fourth-order valence-corrected chi connectivity index (χ4v) is 2.89. The molecule has 5 heteroatoms. The van der Waals surface area contributed by atoms with Crippen LogP contribution < -0.4 is 14.8 Å². The molecule has 0 aromatic heterocycles. The zero-order chi connectivity index (χ0) is 15.9. The lowest BCUT2D eigenvalue weighted by Crippen LogP contribution is -2.45. The second-order valence-electron chi connectivity index (χ2n) is 5.78. The predicted molar refractivity (Wildman–Crippen MR) is 89.7 cm³/mol. The van der Waals surface area contributed by atoms with Crippen LogP contribution in [0.5, 0.6) is 11.5 Å². The first-order valence-electron chi connectivity index (χ1n) is 7.84. The van der Waals surface area contributed by atoms with Crippen molar-refractivity contribution in [2.75, 3.05) is 34.4 Å². The Bertz CT molecular complexity index is 517. The van der Waals surface area contributed by atoms with Crippen LogP contribution in [0.3, 0.4) is 0 Å². The van der Waals surface area contributed by atoms with Crippen LogP contribution in [0, 0.1) is 5.92 Å². The third-order valence-electron chi connectivity index (χ3n) is 4.07. The standard InChI is InChI=1S/C17H27N3O2/c1-13-6-5-9-20(12-13)17(18-2)19-11-14-7-8-15(21-3)16(10-14)22-4/h7-8,10,13H,5-6,9,11-12H2,1-4H3,(H,18,19). The largest absolute Gasteiger partial charge is 0.493 e. The van der Waals surface area contributed by atoms with Gasteiger partial charge in [0.1, 0.15) is 0 Å². The molecule has 0 bridgehead atoms. The molecule has 122 valence electrons. The van der Waals surface area contributed by atoms with Crippen molar-refractivity contribution in [2.24, 2.45) is 10.9 Å². The minimum atomic E-state index is 0.720. The average Bonchev–Trinajstić information content (AvgIpc) is 2.55. The molecule has 22 heavy (non-hydrogen) atoms. The average molecular weight is 305 g/mol. The van der Waals surface area contributed by atoms with Gasteiger partial charge in [-0.25, -0.2) is 0 Å². The van der Waals surface area contributed by atoms with Crippen LogP contribution in [0.4, 0.5) is 0 Å². The highest BCUT2D eigenvalue weighted by Crippen LogP contribution is 2.27. The van der Waals surface area contributed by atoms with E-state index in [2.05, 4.69) is 22.1 Å². The van der Waals surface area contributed by atoms with Crippen LogP contribution in [0.25, 0.3) is 0 Å². The van der Waals surface area contributed by atoms with Gasteiger partial charge >= 0.3 is 0 Å². The topological polar surface area (TPSA) is 46.1 Å². The van der Waals surface area contributed by atoms with Gasteiger partial charge in [-0.1, -0.05) is 13.0 Å². The van der Waals surface area contributed by atoms with Gasteiger partial charge in [-0.2, -0.15) is 0 Å². The lowest BCUT2D eigenvalue weighted by Gasteiger charge is -2.33. The zero-order valence-electron chi connectivity index (χ0n) is 14.1. The maximum atomic E-state index is 5.35. The second-order valence-corrected chi connectivity index (χ2v) is 5.78. The first-order chi connectivity index (χ1) is 10.7. The number of rotatable bonds is 4. The molecule has 0 radical (unpaired) electrons. The molecule has 2 rings (SSSR count). The van der Waals surface area contributed by atoms with Crippen LogP contribution in [0.15, 0.2) is 23.2 Å². The summed E-state index contributed by atoms with van der Waals surface area (Å²) in [4.78, 5) is 6.76. The van der Waals surface area contributed by atoms with E-state index in [1.54, 1.807) is 14.2 Å². The number of methoxy groups -OCH3 is 2. The molecule has 1 aromatic rings. The summed E-state index contributed by atoms with van der Waals surface area (Å²) >= 11 is 0. The van der Waals surface area contributed by atoms with E-state index in [4.69, 9.17) is 9.47 Å². The van der Waals surface area contributed by atoms with Gasteiger partial charge in [0.15, 0.2) is 17.5 Å². The molecule has 1 unspecified atom stereocenters. The number of guanidine groups is 1. The number of ether oxygens (including phenoxy) is 2. The van der Waals surface area contributed by atoms with Gasteiger partial charge < -0.3 is 19.7 Å². The van der Waals surface area contributed by atoms with E-state index in [1.807, 2.05) is 25.2 Å². The van der Waals surface area contributed by atoms with Gasteiger partial charge in [0.2, 0.25) is 0 Å². The number of nitrogens with one attached hydrogen (secondary N) is 1. The number of piperidine rings is 1. The van der Waals surface area contributed by atoms with E-state index in [0.29, 0.717) is 0 Å². The Morgan fingerprint density at radius 2 is 2.09 bits per heavy atom. The molecular weight excluding hydrogens is 278 g/mol. The Hall–Kier alpha value is -1.91. The summed E-state index contributed by atoms with van der Waals surface area (Å²) < 4.78 is 10.6. The summed E-state index contributed by atoms with van der Waals surface area (Å²) in [5, 5.41) is 3.44. The molecule has 5 nitrogen and oxygen atoms in total. The van der Waals surface area contributed by atoms with Crippen molar-refractivity contribution in [1.29, 1.82) is 0 Å². The Morgan fingerprint density at radius 1 is 1.32 bits per heavy atom. The minimum absolute atomic E-state index is 0.720. The summed E-state index contributed by atoms with van der Waals surface area (Å²) in [7, 11) is 5.15. The molecule has 1 N–H and O–H groups in total. The van der Waals surface area contributed by atoms with Crippen LogP contribution in [-0.4, -0.2) is 45.2 Å². The summed E-state index contributed by atoms with van der Waals surface area (Å²) in [6.07, 6.45) is 2.54. The highest BCUT2D eigenvalue weighted by molar-refractivity contribution is 5.80. The lowest BCUT2D eigenvalue weighted by molar-refractivity contribution is 0.266. The van der Waals surface area contributed by atoms with E-state index in [-0.39, 0.29) is 0 Å². The van der Waals surface area contributed by atoms with Crippen molar-refractivity contribution in [3.8, 4) is 11.5 Å². The van der Waals surface area contributed by atoms with Crippen molar-refractivity contribution in [3.63, 3.8) is 0 Å². The van der Waals surface area contributed by atoms with Gasteiger partial charge in [0, 0.05) is 26.7 Å². The molecule has 1 atom stereocenters. The highest BCUT2D eigenvalue weighted by Gasteiger charge is 2.19. The number of benzene rings is 1. The lowest BCUT2D eigenvalue weighted by atomic mass is 10.0. The number of aliphatic imine (C=N–C) groups is 1. The SMILES string of the molecule is CN=C(NCc1ccc(OC)c(OC)c1)N1CCCC(C)C1. The summed E-state index contributed by atoms with van der Waals surface area (Å²) in [6.45, 7) is 5.17. The van der Waals surface area contributed by atoms with Crippen LogP contribution in [-0.2, 0) is 6.54 Å². The fourth-order valence-electron chi connectivity index (χ4n) is 2.89. The van der Waals surface area contributed by atoms with Crippen molar-refractivity contribution in [3.05, 3.63) is 23.8 Å². The Kier molecular flexibility index (Phi) is 5.92. The van der Waals surface area contributed by atoms with Crippen molar-refractivity contribution in [2.45, 2.75) is 26.3 Å². The van der Waals surface area contributed by atoms with E-state index in [9.17, 15) is 0 Å². The van der Waals surface area contributed by atoms with E-state index >= 15 is 0 Å². The maximum Gasteiger partial charge on any atom is 0.193 e. The van der Waals surface area contributed by atoms with E-state index in [0.717, 1.165) is 48.6 Å². The molecule has 0 amide bonds. The predicted octanol–water partition coefficient (Wildman–Crippen LogP) is 2.51. The Labute approximate surface area is 133 Å². The molecule has 0 saturated carbocycles. The Morgan fingerprint density at radius 3 is 2.73 bits per heavy atom. The summed E-state index contributed by atoms with van der Waals surface area (Å²) in [5.74, 6) is 3.21. The van der Waals surface area contributed by atoms with Crippen molar-refractivity contribution in [1.82, 2.24) is 10.2 Å². The van der Waals surface area contributed by atoms with Gasteiger partial charge in [-0.3, -0.25) is 4.99 Å². The molecule has 1 aromatic carbocycles. The van der Waals surface area contributed by atoms with Crippen molar-refractivity contribution >= 4 is 5.96 Å². The van der Waals surface area contributed by atoms with Crippen LogP contribution >= 0.6 is 0 Å².